The smallest absolute Gasteiger partial charge is 0.338 e. The number of esters is 1. The first kappa shape index (κ1) is 22.9. The first-order valence-corrected chi connectivity index (χ1v) is 11.4. The van der Waals surface area contributed by atoms with E-state index >= 15 is 0 Å². The van der Waals surface area contributed by atoms with E-state index in [0.29, 0.717) is 22.5 Å². The van der Waals surface area contributed by atoms with Crippen molar-refractivity contribution in [2.75, 3.05) is 5.32 Å². The van der Waals surface area contributed by atoms with E-state index in [1.54, 1.807) is 42.6 Å². The van der Waals surface area contributed by atoms with Crippen LogP contribution < -0.4 is 5.32 Å². The SMILES string of the molecule is CC(OC(=O)c1ccc2nc(-c3ccccc3)c(-c3ccccc3)nc2c1)C(=O)Nc1ccccn1. The molecule has 36 heavy (non-hydrogen) atoms. The molecule has 1 unspecified atom stereocenters. The van der Waals surface area contributed by atoms with Gasteiger partial charge in [-0.05, 0) is 37.3 Å². The van der Waals surface area contributed by atoms with E-state index in [2.05, 4.69) is 10.3 Å². The van der Waals surface area contributed by atoms with Crippen molar-refractivity contribution in [1.29, 1.82) is 0 Å². The number of nitrogens with one attached hydrogen (secondary N) is 1. The van der Waals surface area contributed by atoms with Gasteiger partial charge in [-0.3, -0.25) is 4.79 Å². The number of pyridine rings is 1. The molecule has 1 amide bonds. The molecule has 1 atom stereocenters. The number of hydrogen-bond donors (Lipinski definition) is 1. The van der Waals surface area contributed by atoms with Gasteiger partial charge >= 0.3 is 5.97 Å². The Hall–Kier alpha value is -4.91. The fourth-order valence-electron chi connectivity index (χ4n) is 3.72. The van der Waals surface area contributed by atoms with Crippen LogP contribution in [0.25, 0.3) is 33.5 Å². The van der Waals surface area contributed by atoms with Crippen LogP contribution in [0, 0.1) is 0 Å². The van der Waals surface area contributed by atoms with Gasteiger partial charge in [-0.15, -0.1) is 0 Å². The summed E-state index contributed by atoms with van der Waals surface area (Å²) in [5.41, 5.74) is 4.80. The monoisotopic (exact) mass is 474 g/mol. The molecule has 0 fully saturated rings. The third-order valence-corrected chi connectivity index (χ3v) is 5.56. The van der Waals surface area contributed by atoms with Crippen molar-refractivity contribution >= 4 is 28.7 Å². The Bertz CT molecular complexity index is 1520. The lowest BCUT2D eigenvalue weighted by Crippen LogP contribution is -2.30. The lowest BCUT2D eigenvalue weighted by Gasteiger charge is -2.14. The van der Waals surface area contributed by atoms with E-state index in [1.807, 2.05) is 60.7 Å². The van der Waals surface area contributed by atoms with E-state index in [-0.39, 0.29) is 5.56 Å². The van der Waals surface area contributed by atoms with Crippen molar-refractivity contribution in [3.05, 3.63) is 109 Å². The third-order valence-electron chi connectivity index (χ3n) is 5.56. The van der Waals surface area contributed by atoms with Gasteiger partial charge in [0, 0.05) is 17.3 Å². The molecule has 0 bridgehead atoms. The number of carbonyl (C=O) groups is 2. The summed E-state index contributed by atoms with van der Waals surface area (Å²) in [6, 6.07) is 29.8. The molecule has 5 aromatic rings. The van der Waals surface area contributed by atoms with Crippen molar-refractivity contribution in [2.24, 2.45) is 0 Å². The van der Waals surface area contributed by atoms with Crippen LogP contribution in [-0.2, 0) is 9.53 Å². The van der Waals surface area contributed by atoms with E-state index in [1.165, 1.54) is 6.92 Å². The number of amides is 1. The van der Waals surface area contributed by atoms with Crippen molar-refractivity contribution in [1.82, 2.24) is 15.0 Å². The second-order valence-electron chi connectivity index (χ2n) is 8.11. The molecule has 1 N–H and O–H groups in total. The Balaban J connectivity index is 1.44. The highest BCUT2D eigenvalue weighted by molar-refractivity contribution is 5.98. The van der Waals surface area contributed by atoms with Gasteiger partial charge in [-0.25, -0.2) is 19.7 Å². The number of rotatable bonds is 6. The van der Waals surface area contributed by atoms with Gasteiger partial charge in [0.15, 0.2) is 6.10 Å². The summed E-state index contributed by atoms with van der Waals surface area (Å²) < 4.78 is 5.40. The van der Waals surface area contributed by atoms with Gasteiger partial charge in [0.2, 0.25) is 0 Å². The lowest BCUT2D eigenvalue weighted by molar-refractivity contribution is -0.123. The van der Waals surface area contributed by atoms with E-state index < -0.39 is 18.0 Å². The molecular weight excluding hydrogens is 452 g/mol. The predicted molar refractivity (Wildman–Crippen MR) is 138 cm³/mol. The minimum Gasteiger partial charge on any atom is -0.449 e. The van der Waals surface area contributed by atoms with Gasteiger partial charge in [0.1, 0.15) is 5.82 Å². The molecule has 2 aromatic heterocycles. The highest BCUT2D eigenvalue weighted by Crippen LogP contribution is 2.31. The van der Waals surface area contributed by atoms with Gasteiger partial charge in [-0.2, -0.15) is 0 Å². The minimum absolute atomic E-state index is 0.278. The van der Waals surface area contributed by atoms with Crippen LogP contribution in [0.1, 0.15) is 17.3 Å². The van der Waals surface area contributed by atoms with Crippen LogP contribution >= 0.6 is 0 Å². The number of anilines is 1. The topological polar surface area (TPSA) is 94.1 Å². The van der Waals surface area contributed by atoms with Crippen LogP contribution in [0.3, 0.4) is 0 Å². The average Bonchev–Trinajstić information content (AvgIpc) is 2.93. The third kappa shape index (κ3) is 4.95. The molecule has 5 rings (SSSR count). The molecule has 0 saturated carbocycles. The molecule has 0 aliphatic carbocycles. The predicted octanol–water partition coefficient (Wildman–Crippen LogP) is 5.54. The van der Waals surface area contributed by atoms with Crippen molar-refractivity contribution in [3.63, 3.8) is 0 Å². The molecule has 0 aliphatic rings. The van der Waals surface area contributed by atoms with Gasteiger partial charge in [-0.1, -0.05) is 66.7 Å². The summed E-state index contributed by atoms with van der Waals surface area (Å²) in [7, 11) is 0. The van der Waals surface area contributed by atoms with E-state index in [4.69, 9.17) is 14.7 Å². The maximum atomic E-state index is 12.8. The highest BCUT2D eigenvalue weighted by atomic mass is 16.5. The lowest BCUT2D eigenvalue weighted by atomic mass is 10.0. The summed E-state index contributed by atoms with van der Waals surface area (Å²) in [6.07, 6.45) is 0.552. The quantitative estimate of drug-likeness (QED) is 0.325. The van der Waals surface area contributed by atoms with Crippen molar-refractivity contribution < 1.29 is 14.3 Å². The number of nitrogens with zero attached hydrogens (tertiary/aromatic N) is 3. The zero-order chi connectivity index (χ0) is 24.9. The van der Waals surface area contributed by atoms with Crippen LogP contribution in [0.2, 0.25) is 0 Å². The summed E-state index contributed by atoms with van der Waals surface area (Å²) in [6.45, 7) is 1.51. The number of benzene rings is 3. The van der Waals surface area contributed by atoms with Crippen LogP contribution in [0.4, 0.5) is 5.82 Å². The molecule has 0 spiro atoms. The molecule has 176 valence electrons. The highest BCUT2D eigenvalue weighted by Gasteiger charge is 2.20. The summed E-state index contributed by atoms with van der Waals surface area (Å²) in [5, 5.41) is 2.63. The van der Waals surface area contributed by atoms with Gasteiger partial charge < -0.3 is 10.1 Å². The minimum atomic E-state index is -1.01. The maximum Gasteiger partial charge on any atom is 0.338 e. The normalized spacial score (nSPS) is 11.6. The molecule has 2 heterocycles. The second kappa shape index (κ2) is 10.1. The number of ether oxygens (including phenoxy) is 1. The van der Waals surface area contributed by atoms with E-state index in [9.17, 15) is 9.59 Å². The Kier molecular flexibility index (Phi) is 6.44. The first-order chi connectivity index (χ1) is 17.6. The average molecular weight is 475 g/mol. The Labute approximate surface area is 207 Å². The summed E-state index contributed by atoms with van der Waals surface area (Å²) >= 11 is 0. The molecule has 0 radical (unpaired) electrons. The zero-order valence-corrected chi connectivity index (χ0v) is 19.5. The molecule has 7 heteroatoms. The van der Waals surface area contributed by atoms with Crippen LogP contribution in [-0.4, -0.2) is 32.9 Å². The first-order valence-electron chi connectivity index (χ1n) is 11.4. The van der Waals surface area contributed by atoms with E-state index in [0.717, 1.165) is 16.8 Å². The van der Waals surface area contributed by atoms with Crippen LogP contribution in [0.15, 0.2) is 103 Å². The number of aromatic nitrogens is 3. The van der Waals surface area contributed by atoms with Gasteiger partial charge in [0.05, 0.1) is 28.0 Å². The van der Waals surface area contributed by atoms with Crippen molar-refractivity contribution in [3.8, 4) is 22.5 Å². The number of hydrogen-bond acceptors (Lipinski definition) is 6. The number of fused-ring (bicyclic) bond motifs is 1. The Morgan fingerprint density at radius 1 is 0.750 bits per heavy atom. The summed E-state index contributed by atoms with van der Waals surface area (Å²) in [5.74, 6) is -0.716. The molecule has 0 aliphatic heterocycles. The zero-order valence-electron chi connectivity index (χ0n) is 19.5. The maximum absolute atomic E-state index is 12.8. The fourth-order valence-corrected chi connectivity index (χ4v) is 3.72. The fraction of sp³-hybridized carbons (Fsp3) is 0.0690. The summed E-state index contributed by atoms with van der Waals surface area (Å²) in [4.78, 5) is 39.0. The van der Waals surface area contributed by atoms with Crippen LogP contribution in [0.5, 0.6) is 0 Å². The Morgan fingerprint density at radius 2 is 1.36 bits per heavy atom. The molecular formula is C29H22N4O3. The molecule has 0 saturated heterocycles. The molecule has 3 aromatic carbocycles. The largest absolute Gasteiger partial charge is 0.449 e. The van der Waals surface area contributed by atoms with Gasteiger partial charge in [0.25, 0.3) is 5.91 Å². The second-order valence-corrected chi connectivity index (χ2v) is 8.11. The standard InChI is InChI=1S/C29H22N4O3/c1-19(28(34)33-25-14-8-9-17-30-25)36-29(35)22-15-16-23-24(18-22)32-27(21-12-6-3-7-13-21)26(31-23)20-10-4-2-5-11-20/h2-19H,1H3,(H,30,33,34). The van der Waals surface area contributed by atoms with Crippen molar-refractivity contribution in [2.45, 2.75) is 13.0 Å². The Morgan fingerprint density at radius 3 is 1.97 bits per heavy atom. The number of carbonyl (C=O) groups excluding carboxylic acids is 2. The molecule has 7 nitrogen and oxygen atoms in total.